The lowest BCUT2D eigenvalue weighted by molar-refractivity contribution is 0.306. The van der Waals surface area contributed by atoms with E-state index in [1.54, 1.807) is 19.9 Å². The predicted octanol–water partition coefficient (Wildman–Crippen LogP) is 1.93. The molecule has 0 fully saturated rings. The number of halogens is 1. The standard InChI is InChI=1S/C8H10FNO/c1-3-11-8-7(9)5-4-6(2)10-8/h4-5H,3H2,1-2H3. The third-order valence-electron chi connectivity index (χ3n) is 1.23. The fraction of sp³-hybridized carbons (Fsp3) is 0.375. The lowest BCUT2D eigenvalue weighted by atomic mass is 10.4. The van der Waals surface area contributed by atoms with Crippen molar-refractivity contribution in [1.29, 1.82) is 0 Å². The maximum atomic E-state index is 12.8. The molecular formula is C8H10FNO. The average Bonchev–Trinajstić information content (AvgIpc) is 1.98. The van der Waals surface area contributed by atoms with Gasteiger partial charge in [-0.1, -0.05) is 0 Å². The third kappa shape index (κ3) is 1.90. The summed E-state index contributed by atoms with van der Waals surface area (Å²) < 4.78 is 17.7. The van der Waals surface area contributed by atoms with Crippen LogP contribution in [0.15, 0.2) is 12.1 Å². The highest BCUT2D eigenvalue weighted by Crippen LogP contribution is 2.12. The monoisotopic (exact) mass is 155 g/mol. The molecule has 1 rings (SSSR count). The van der Waals surface area contributed by atoms with Crippen LogP contribution in [0.1, 0.15) is 12.6 Å². The molecule has 0 bridgehead atoms. The van der Waals surface area contributed by atoms with E-state index < -0.39 is 5.82 Å². The summed E-state index contributed by atoms with van der Waals surface area (Å²) in [5.41, 5.74) is 0.759. The molecule has 3 heteroatoms. The van der Waals surface area contributed by atoms with Gasteiger partial charge in [0.1, 0.15) is 0 Å². The Morgan fingerprint density at radius 1 is 1.55 bits per heavy atom. The molecule has 0 aromatic carbocycles. The molecule has 0 saturated carbocycles. The molecule has 0 unspecified atom stereocenters. The molecule has 0 saturated heterocycles. The van der Waals surface area contributed by atoms with Gasteiger partial charge in [-0.25, -0.2) is 9.37 Å². The highest BCUT2D eigenvalue weighted by molar-refractivity contribution is 5.17. The minimum Gasteiger partial charge on any atom is -0.476 e. The lowest BCUT2D eigenvalue weighted by Crippen LogP contribution is -1.98. The van der Waals surface area contributed by atoms with Gasteiger partial charge >= 0.3 is 0 Å². The number of rotatable bonds is 2. The maximum Gasteiger partial charge on any atom is 0.250 e. The van der Waals surface area contributed by atoms with E-state index in [1.807, 2.05) is 0 Å². The molecule has 11 heavy (non-hydrogen) atoms. The largest absolute Gasteiger partial charge is 0.476 e. The number of hydrogen-bond acceptors (Lipinski definition) is 2. The summed E-state index contributed by atoms with van der Waals surface area (Å²) in [5.74, 6) is -0.315. The average molecular weight is 155 g/mol. The normalized spacial score (nSPS) is 9.73. The van der Waals surface area contributed by atoms with Gasteiger partial charge in [-0.15, -0.1) is 0 Å². The molecule has 0 spiro atoms. The molecular weight excluding hydrogens is 145 g/mol. The Balaban J connectivity index is 2.93. The van der Waals surface area contributed by atoms with E-state index in [-0.39, 0.29) is 5.88 Å². The van der Waals surface area contributed by atoms with E-state index in [1.165, 1.54) is 6.07 Å². The van der Waals surface area contributed by atoms with Crippen molar-refractivity contribution in [2.24, 2.45) is 0 Å². The van der Waals surface area contributed by atoms with Crippen molar-refractivity contribution >= 4 is 0 Å². The molecule has 60 valence electrons. The van der Waals surface area contributed by atoms with E-state index in [2.05, 4.69) is 4.98 Å². The van der Waals surface area contributed by atoms with Gasteiger partial charge in [-0.05, 0) is 26.0 Å². The Labute approximate surface area is 65.0 Å². The summed E-state index contributed by atoms with van der Waals surface area (Å²) in [6, 6.07) is 2.96. The highest BCUT2D eigenvalue weighted by Gasteiger charge is 2.02. The van der Waals surface area contributed by atoms with Gasteiger partial charge in [0, 0.05) is 5.69 Å². The summed E-state index contributed by atoms with van der Waals surface area (Å²) in [6.45, 7) is 4.03. The van der Waals surface area contributed by atoms with Crippen LogP contribution in [0.2, 0.25) is 0 Å². The first-order valence-electron chi connectivity index (χ1n) is 3.50. The van der Waals surface area contributed by atoms with Crippen molar-refractivity contribution in [2.75, 3.05) is 6.61 Å². The number of aromatic nitrogens is 1. The van der Waals surface area contributed by atoms with Crippen LogP contribution in [-0.4, -0.2) is 11.6 Å². The Kier molecular flexibility index (Phi) is 2.41. The zero-order valence-electron chi connectivity index (χ0n) is 6.60. The van der Waals surface area contributed by atoms with Crippen molar-refractivity contribution in [3.8, 4) is 5.88 Å². The molecule has 1 heterocycles. The maximum absolute atomic E-state index is 12.8. The van der Waals surface area contributed by atoms with Crippen LogP contribution >= 0.6 is 0 Å². The Morgan fingerprint density at radius 3 is 2.91 bits per heavy atom. The summed E-state index contributed by atoms with van der Waals surface area (Å²) in [6.07, 6.45) is 0. The molecule has 0 aliphatic rings. The quantitative estimate of drug-likeness (QED) is 0.651. The second-order valence-electron chi connectivity index (χ2n) is 2.17. The van der Waals surface area contributed by atoms with Crippen LogP contribution in [0.5, 0.6) is 5.88 Å². The summed E-state index contributed by atoms with van der Waals surface area (Å²) in [7, 11) is 0. The molecule has 1 aromatic rings. The summed E-state index contributed by atoms with van der Waals surface area (Å²) >= 11 is 0. The van der Waals surface area contributed by atoms with E-state index in [0.29, 0.717) is 6.61 Å². The fourth-order valence-corrected chi connectivity index (χ4v) is 0.754. The van der Waals surface area contributed by atoms with Crippen molar-refractivity contribution in [1.82, 2.24) is 4.98 Å². The van der Waals surface area contributed by atoms with Crippen LogP contribution in [0, 0.1) is 12.7 Å². The minimum atomic E-state index is -0.405. The van der Waals surface area contributed by atoms with Crippen LogP contribution < -0.4 is 4.74 Å². The van der Waals surface area contributed by atoms with Crippen LogP contribution in [0.4, 0.5) is 4.39 Å². The van der Waals surface area contributed by atoms with Crippen LogP contribution in [0.25, 0.3) is 0 Å². The van der Waals surface area contributed by atoms with E-state index in [4.69, 9.17) is 4.74 Å². The second kappa shape index (κ2) is 3.32. The first-order valence-corrected chi connectivity index (χ1v) is 3.50. The van der Waals surface area contributed by atoms with Gasteiger partial charge in [0.15, 0.2) is 5.82 Å². The molecule has 0 radical (unpaired) electrons. The summed E-state index contributed by atoms with van der Waals surface area (Å²) in [5, 5.41) is 0. The van der Waals surface area contributed by atoms with Gasteiger partial charge in [0.25, 0.3) is 5.88 Å². The van der Waals surface area contributed by atoms with Crippen molar-refractivity contribution in [3.05, 3.63) is 23.6 Å². The van der Waals surface area contributed by atoms with Gasteiger partial charge in [-0.3, -0.25) is 0 Å². The molecule has 0 aliphatic heterocycles. The first-order chi connectivity index (χ1) is 5.24. The van der Waals surface area contributed by atoms with Crippen LogP contribution in [-0.2, 0) is 0 Å². The third-order valence-corrected chi connectivity index (χ3v) is 1.23. The Bertz CT molecular complexity index is 250. The molecule has 0 aliphatic carbocycles. The number of hydrogen-bond donors (Lipinski definition) is 0. The number of nitrogens with zero attached hydrogens (tertiary/aromatic N) is 1. The number of pyridine rings is 1. The molecule has 0 atom stereocenters. The molecule has 0 N–H and O–H groups in total. The zero-order valence-corrected chi connectivity index (χ0v) is 6.60. The van der Waals surface area contributed by atoms with Crippen molar-refractivity contribution in [3.63, 3.8) is 0 Å². The van der Waals surface area contributed by atoms with Gasteiger partial charge in [0.2, 0.25) is 0 Å². The van der Waals surface area contributed by atoms with Gasteiger partial charge in [-0.2, -0.15) is 0 Å². The van der Waals surface area contributed by atoms with Crippen LogP contribution in [0.3, 0.4) is 0 Å². The fourth-order valence-electron chi connectivity index (χ4n) is 0.754. The number of ether oxygens (including phenoxy) is 1. The molecule has 1 aromatic heterocycles. The summed E-state index contributed by atoms with van der Waals surface area (Å²) in [4.78, 5) is 3.87. The van der Waals surface area contributed by atoms with Gasteiger partial charge in [0.05, 0.1) is 6.61 Å². The number of aryl methyl sites for hydroxylation is 1. The molecule has 0 amide bonds. The van der Waals surface area contributed by atoms with Crippen molar-refractivity contribution in [2.45, 2.75) is 13.8 Å². The van der Waals surface area contributed by atoms with E-state index in [0.717, 1.165) is 5.69 Å². The minimum absolute atomic E-state index is 0.0903. The lowest BCUT2D eigenvalue weighted by Gasteiger charge is -2.02. The van der Waals surface area contributed by atoms with Gasteiger partial charge < -0.3 is 4.74 Å². The first kappa shape index (κ1) is 7.98. The topological polar surface area (TPSA) is 22.1 Å². The zero-order chi connectivity index (χ0) is 8.27. The highest BCUT2D eigenvalue weighted by atomic mass is 19.1. The molecule has 2 nitrogen and oxygen atoms in total. The van der Waals surface area contributed by atoms with E-state index in [9.17, 15) is 4.39 Å². The Morgan fingerprint density at radius 2 is 2.27 bits per heavy atom. The second-order valence-corrected chi connectivity index (χ2v) is 2.17. The predicted molar refractivity (Wildman–Crippen MR) is 40.1 cm³/mol. The Hall–Kier alpha value is -1.12. The SMILES string of the molecule is CCOc1nc(C)ccc1F. The van der Waals surface area contributed by atoms with E-state index >= 15 is 0 Å². The smallest absolute Gasteiger partial charge is 0.250 e. The van der Waals surface area contributed by atoms with Crippen molar-refractivity contribution < 1.29 is 9.13 Å².